The van der Waals surface area contributed by atoms with Crippen molar-refractivity contribution in [1.82, 2.24) is 19.9 Å². The molecule has 192 valence electrons. The summed E-state index contributed by atoms with van der Waals surface area (Å²) in [6.45, 7) is 0. The molecule has 3 heterocycles. The van der Waals surface area contributed by atoms with Crippen LogP contribution in [0.5, 0.6) is 0 Å². The summed E-state index contributed by atoms with van der Waals surface area (Å²) in [4.78, 5) is 20.9. The van der Waals surface area contributed by atoms with E-state index in [0.717, 1.165) is 38.0 Å². The lowest BCUT2D eigenvalue weighted by atomic mass is 9.95. The topological polar surface area (TPSA) is 51.6 Å². The maximum atomic E-state index is 5.06. The number of fused-ring (bicyclic) bond motifs is 4. The maximum absolute atomic E-state index is 5.06. The molecular weight excluding hydrogens is 520 g/mol. The highest BCUT2D eigenvalue weighted by Gasteiger charge is 2.18. The van der Waals surface area contributed by atoms with Crippen molar-refractivity contribution in [2.75, 3.05) is 0 Å². The van der Waals surface area contributed by atoms with Crippen molar-refractivity contribution in [3.63, 3.8) is 0 Å². The predicted octanol–water partition coefficient (Wildman–Crippen LogP) is 9.46. The normalized spacial score (nSPS) is 11.4. The van der Waals surface area contributed by atoms with Gasteiger partial charge >= 0.3 is 0 Å². The zero-order chi connectivity index (χ0) is 27.2. The van der Waals surface area contributed by atoms with Gasteiger partial charge < -0.3 is 0 Å². The highest BCUT2D eigenvalue weighted by atomic mass is 32.1. The van der Waals surface area contributed by atoms with Gasteiger partial charge in [-0.2, -0.15) is 0 Å². The molecule has 0 amide bonds. The van der Waals surface area contributed by atoms with Gasteiger partial charge in [0.15, 0.2) is 17.5 Å². The number of pyridine rings is 1. The van der Waals surface area contributed by atoms with E-state index in [2.05, 4.69) is 72.8 Å². The Morgan fingerprint density at radius 3 is 1.66 bits per heavy atom. The lowest BCUT2D eigenvalue weighted by Crippen LogP contribution is -2.00. The molecule has 0 aliphatic carbocycles. The zero-order valence-corrected chi connectivity index (χ0v) is 22.7. The molecule has 0 aliphatic rings. The Hall–Kier alpha value is -5.26. The van der Waals surface area contributed by atoms with E-state index in [1.807, 2.05) is 60.7 Å². The molecule has 0 spiro atoms. The molecule has 0 N–H and O–H groups in total. The van der Waals surface area contributed by atoms with Crippen LogP contribution in [0.2, 0.25) is 0 Å². The summed E-state index contributed by atoms with van der Waals surface area (Å²) in [6.07, 6.45) is 0. The standard InChI is InChI=1S/C36H22N4S/c1-3-12-23(13-4-1)33-38-34(24-14-5-2-6-15-24)40-35(39-33)26-17-11-16-25(22-26)31-27-18-7-9-20-29(27)37-36-32(31)28-19-8-10-21-30(28)41-36/h1-22H. The lowest BCUT2D eigenvalue weighted by Gasteiger charge is -2.12. The van der Waals surface area contributed by atoms with Gasteiger partial charge in [0, 0.05) is 43.1 Å². The number of hydrogen-bond acceptors (Lipinski definition) is 5. The molecule has 4 nitrogen and oxygen atoms in total. The van der Waals surface area contributed by atoms with E-state index in [4.69, 9.17) is 19.9 Å². The summed E-state index contributed by atoms with van der Waals surface area (Å²) < 4.78 is 1.24. The molecule has 0 saturated heterocycles. The van der Waals surface area contributed by atoms with Crippen LogP contribution in [0.15, 0.2) is 133 Å². The van der Waals surface area contributed by atoms with Crippen LogP contribution in [0.25, 0.3) is 76.5 Å². The molecule has 41 heavy (non-hydrogen) atoms. The van der Waals surface area contributed by atoms with Gasteiger partial charge in [0.1, 0.15) is 4.83 Å². The van der Waals surface area contributed by atoms with Gasteiger partial charge in [-0.05, 0) is 23.8 Å². The third-order valence-electron chi connectivity index (χ3n) is 7.33. The number of thiophene rings is 1. The highest BCUT2D eigenvalue weighted by molar-refractivity contribution is 7.25. The Bertz CT molecular complexity index is 2150. The van der Waals surface area contributed by atoms with Gasteiger partial charge in [0.2, 0.25) is 0 Å². The number of aromatic nitrogens is 4. The number of para-hydroxylation sites is 1. The van der Waals surface area contributed by atoms with Crippen LogP contribution >= 0.6 is 11.3 Å². The molecule has 0 unspecified atom stereocenters. The van der Waals surface area contributed by atoms with E-state index in [1.54, 1.807) is 11.3 Å². The minimum atomic E-state index is 0.643. The fourth-order valence-corrected chi connectivity index (χ4v) is 6.52. The highest BCUT2D eigenvalue weighted by Crippen LogP contribution is 2.43. The molecule has 0 bridgehead atoms. The molecule has 3 aromatic heterocycles. The Kier molecular flexibility index (Phi) is 5.61. The van der Waals surface area contributed by atoms with E-state index in [-0.39, 0.29) is 0 Å². The first kappa shape index (κ1) is 23.6. The monoisotopic (exact) mass is 542 g/mol. The average Bonchev–Trinajstić information content (AvgIpc) is 3.42. The molecule has 8 aromatic rings. The fraction of sp³-hybridized carbons (Fsp3) is 0. The molecule has 0 saturated carbocycles. The Labute approximate surface area is 240 Å². The molecule has 0 aliphatic heterocycles. The number of benzene rings is 5. The third-order valence-corrected chi connectivity index (χ3v) is 8.40. The van der Waals surface area contributed by atoms with Gasteiger partial charge in [-0.3, -0.25) is 0 Å². The smallest absolute Gasteiger partial charge is 0.164 e. The summed E-state index contributed by atoms with van der Waals surface area (Å²) in [5.74, 6) is 1.95. The van der Waals surface area contributed by atoms with Gasteiger partial charge in [0.25, 0.3) is 0 Å². The van der Waals surface area contributed by atoms with Crippen LogP contribution in [-0.2, 0) is 0 Å². The third kappa shape index (κ3) is 4.15. The first-order valence-corrected chi connectivity index (χ1v) is 14.3. The second-order valence-electron chi connectivity index (χ2n) is 9.90. The Morgan fingerprint density at radius 2 is 0.951 bits per heavy atom. The second-order valence-corrected chi connectivity index (χ2v) is 10.9. The first-order valence-electron chi connectivity index (χ1n) is 13.5. The van der Waals surface area contributed by atoms with Crippen LogP contribution < -0.4 is 0 Å². The Balaban J connectivity index is 1.38. The van der Waals surface area contributed by atoms with Crippen molar-refractivity contribution in [2.24, 2.45) is 0 Å². The fourth-order valence-electron chi connectivity index (χ4n) is 5.43. The van der Waals surface area contributed by atoms with Crippen molar-refractivity contribution in [2.45, 2.75) is 0 Å². The minimum absolute atomic E-state index is 0.643. The first-order chi connectivity index (χ1) is 20.3. The molecular formula is C36H22N4S. The van der Waals surface area contributed by atoms with Crippen molar-refractivity contribution in [3.8, 4) is 45.3 Å². The summed E-state index contributed by atoms with van der Waals surface area (Å²) in [5.41, 5.74) is 6.13. The largest absolute Gasteiger partial charge is 0.237 e. The van der Waals surface area contributed by atoms with Crippen LogP contribution in [0.1, 0.15) is 0 Å². The summed E-state index contributed by atoms with van der Waals surface area (Å²) in [6, 6.07) is 45.7. The molecule has 5 aromatic carbocycles. The van der Waals surface area contributed by atoms with Crippen molar-refractivity contribution < 1.29 is 0 Å². The van der Waals surface area contributed by atoms with E-state index >= 15 is 0 Å². The predicted molar refractivity (Wildman–Crippen MR) is 170 cm³/mol. The Morgan fingerprint density at radius 1 is 0.415 bits per heavy atom. The minimum Gasteiger partial charge on any atom is -0.237 e. The molecule has 8 rings (SSSR count). The van der Waals surface area contributed by atoms with E-state index in [9.17, 15) is 0 Å². The summed E-state index contributed by atoms with van der Waals surface area (Å²) >= 11 is 1.74. The molecule has 0 atom stereocenters. The SMILES string of the molecule is c1ccc(-c2nc(-c3ccccc3)nc(-c3cccc(-c4c5ccccc5nc5sc6ccccc6c45)c3)n2)cc1. The molecule has 0 fully saturated rings. The number of rotatable bonds is 4. The van der Waals surface area contributed by atoms with Gasteiger partial charge in [0.05, 0.1) is 5.52 Å². The lowest BCUT2D eigenvalue weighted by molar-refractivity contribution is 1.07. The maximum Gasteiger partial charge on any atom is 0.164 e. The zero-order valence-electron chi connectivity index (χ0n) is 21.9. The van der Waals surface area contributed by atoms with E-state index in [1.165, 1.54) is 21.0 Å². The van der Waals surface area contributed by atoms with Crippen LogP contribution in [0, 0.1) is 0 Å². The van der Waals surface area contributed by atoms with Crippen LogP contribution in [0.4, 0.5) is 0 Å². The van der Waals surface area contributed by atoms with E-state index < -0.39 is 0 Å². The summed E-state index contributed by atoms with van der Waals surface area (Å²) in [7, 11) is 0. The van der Waals surface area contributed by atoms with E-state index in [0.29, 0.717) is 17.5 Å². The quantitative estimate of drug-likeness (QED) is 0.222. The van der Waals surface area contributed by atoms with Crippen molar-refractivity contribution in [3.05, 3.63) is 133 Å². The number of nitrogens with zero attached hydrogens (tertiary/aromatic N) is 4. The van der Waals surface area contributed by atoms with Crippen molar-refractivity contribution >= 4 is 42.5 Å². The van der Waals surface area contributed by atoms with Crippen LogP contribution in [-0.4, -0.2) is 19.9 Å². The van der Waals surface area contributed by atoms with Crippen molar-refractivity contribution in [1.29, 1.82) is 0 Å². The summed E-state index contributed by atoms with van der Waals surface area (Å²) in [5, 5.41) is 3.54. The molecule has 0 radical (unpaired) electrons. The average molecular weight is 543 g/mol. The van der Waals surface area contributed by atoms with Crippen LogP contribution in [0.3, 0.4) is 0 Å². The van der Waals surface area contributed by atoms with Gasteiger partial charge in [-0.15, -0.1) is 11.3 Å². The second kappa shape index (κ2) is 9.73. The number of hydrogen-bond donors (Lipinski definition) is 0. The van der Waals surface area contributed by atoms with Gasteiger partial charge in [-0.1, -0.05) is 115 Å². The van der Waals surface area contributed by atoms with Gasteiger partial charge in [-0.25, -0.2) is 19.9 Å². The molecule has 5 heteroatoms.